The van der Waals surface area contributed by atoms with Gasteiger partial charge in [0.25, 0.3) is 5.91 Å². The number of rotatable bonds is 8. The van der Waals surface area contributed by atoms with E-state index in [-0.39, 0.29) is 30.3 Å². The van der Waals surface area contributed by atoms with Crippen molar-refractivity contribution in [2.24, 2.45) is 0 Å². The minimum atomic E-state index is -0.754. The van der Waals surface area contributed by atoms with Crippen molar-refractivity contribution in [3.8, 4) is 22.8 Å². The SMILES string of the molecule is COc1ccc(CN2Cc3nc(-c4c(F)cccc4F)cc(Nc4ccc(N5CCC(C)(O)CC5)cn4)c3C2=O)c(OC)c1. The predicted molar refractivity (Wildman–Crippen MR) is 162 cm³/mol. The van der Waals surface area contributed by atoms with Gasteiger partial charge in [0.15, 0.2) is 0 Å². The number of amides is 1. The molecule has 0 radical (unpaired) electrons. The van der Waals surface area contributed by atoms with E-state index in [0.29, 0.717) is 60.2 Å². The van der Waals surface area contributed by atoms with Crippen molar-refractivity contribution in [3.05, 3.63) is 89.2 Å². The number of hydrogen-bond acceptors (Lipinski definition) is 8. The van der Waals surface area contributed by atoms with Gasteiger partial charge in [-0.25, -0.2) is 18.7 Å². The molecule has 44 heavy (non-hydrogen) atoms. The number of benzene rings is 2. The van der Waals surface area contributed by atoms with Gasteiger partial charge in [-0.05, 0) is 62.2 Å². The number of fused-ring (bicyclic) bond motifs is 1. The number of ether oxygens (including phenoxy) is 2. The lowest BCUT2D eigenvalue weighted by Crippen LogP contribution is -2.42. The van der Waals surface area contributed by atoms with Gasteiger partial charge in [-0.15, -0.1) is 0 Å². The maximum Gasteiger partial charge on any atom is 0.258 e. The Hall–Kier alpha value is -4.77. The molecule has 2 aromatic carbocycles. The summed E-state index contributed by atoms with van der Waals surface area (Å²) in [5.41, 5.74) is 1.85. The highest BCUT2D eigenvalue weighted by atomic mass is 19.1. The second-order valence-corrected chi connectivity index (χ2v) is 11.3. The van der Waals surface area contributed by atoms with Crippen LogP contribution < -0.4 is 19.7 Å². The van der Waals surface area contributed by atoms with Crippen molar-refractivity contribution in [3.63, 3.8) is 0 Å². The van der Waals surface area contributed by atoms with Gasteiger partial charge in [0.1, 0.15) is 29.0 Å². The normalized spacial score (nSPS) is 15.7. The van der Waals surface area contributed by atoms with Crippen molar-refractivity contribution < 1.29 is 28.2 Å². The standard InChI is InChI=1S/C33H33F2N5O4/c1-33(42)11-13-39(14-12-33)21-8-10-29(36-17-21)38-26-16-25(30-23(34)5-4-6-24(30)35)37-27-19-40(32(41)31(26)27)18-20-7-9-22(43-2)15-28(20)44-3/h4-10,15-17,42H,11-14,18-19H2,1-3H3,(H,36,37,38). The molecule has 9 nitrogen and oxygen atoms in total. The maximum atomic E-state index is 14.9. The lowest BCUT2D eigenvalue weighted by atomic mass is 9.94. The number of nitrogens with zero attached hydrogens (tertiary/aromatic N) is 4. The Morgan fingerprint density at radius 2 is 1.75 bits per heavy atom. The molecule has 1 amide bonds. The summed E-state index contributed by atoms with van der Waals surface area (Å²) in [6.07, 6.45) is 3.05. The number of pyridine rings is 2. The number of hydrogen-bond donors (Lipinski definition) is 2. The van der Waals surface area contributed by atoms with Crippen LogP contribution in [-0.4, -0.2) is 58.8 Å². The van der Waals surface area contributed by atoms with Gasteiger partial charge in [0.2, 0.25) is 0 Å². The zero-order chi connectivity index (χ0) is 31.0. The van der Waals surface area contributed by atoms with Gasteiger partial charge in [-0.1, -0.05) is 6.07 Å². The molecule has 1 saturated heterocycles. The molecule has 11 heteroatoms. The van der Waals surface area contributed by atoms with Crippen LogP contribution in [0.5, 0.6) is 11.5 Å². The van der Waals surface area contributed by atoms with Crippen LogP contribution in [0.3, 0.4) is 0 Å². The summed E-state index contributed by atoms with van der Waals surface area (Å²) in [5.74, 6) is -0.155. The van der Waals surface area contributed by atoms with Crippen molar-refractivity contribution in [1.29, 1.82) is 0 Å². The van der Waals surface area contributed by atoms with Gasteiger partial charge in [-0.3, -0.25) is 4.79 Å². The first-order valence-electron chi connectivity index (χ1n) is 14.3. The summed E-state index contributed by atoms with van der Waals surface area (Å²) in [7, 11) is 3.11. The van der Waals surface area contributed by atoms with Crippen molar-refractivity contribution in [2.45, 2.75) is 38.5 Å². The average molecular weight is 602 g/mol. The molecule has 2 aliphatic heterocycles. The van der Waals surface area contributed by atoms with Crippen LogP contribution in [0, 0.1) is 11.6 Å². The number of aromatic nitrogens is 2. The summed E-state index contributed by atoms with van der Waals surface area (Å²) in [5, 5.41) is 13.5. The van der Waals surface area contributed by atoms with Gasteiger partial charge in [0, 0.05) is 24.7 Å². The number of halogens is 2. The number of carbonyl (C=O) groups is 1. The number of methoxy groups -OCH3 is 2. The Balaban J connectivity index is 1.33. The fourth-order valence-electron chi connectivity index (χ4n) is 5.68. The molecule has 2 aromatic heterocycles. The Morgan fingerprint density at radius 3 is 2.41 bits per heavy atom. The van der Waals surface area contributed by atoms with Crippen LogP contribution in [0.1, 0.15) is 41.4 Å². The second kappa shape index (κ2) is 11.7. The molecule has 4 heterocycles. The first-order chi connectivity index (χ1) is 21.2. The Bertz CT molecular complexity index is 1680. The van der Waals surface area contributed by atoms with Crippen LogP contribution in [0.15, 0.2) is 60.8 Å². The molecule has 0 saturated carbocycles. The van der Waals surface area contributed by atoms with E-state index in [9.17, 15) is 18.7 Å². The van der Waals surface area contributed by atoms with E-state index in [1.807, 2.05) is 19.1 Å². The van der Waals surface area contributed by atoms with Gasteiger partial charge < -0.3 is 29.7 Å². The highest BCUT2D eigenvalue weighted by Gasteiger charge is 2.34. The molecule has 0 aliphatic carbocycles. The van der Waals surface area contributed by atoms with Crippen LogP contribution in [0.2, 0.25) is 0 Å². The third kappa shape index (κ3) is 5.74. The Kier molecular flexibility index (Phi) is 7.81. The number of carbonyl (C=O) groups excluding carboxylic acids is 1. The quantitative estimate of drug-likeness (QED) is 0.266. The fraction of sp³-hybridized carbons (Fsp3) is 0.303. The van der Waals surface area contributed by atoms with E-state index in [0.717, 1.165) is 11.3 Å². The summed E-state index contributed by atoms with van der Waals surface area (Å²) >= 11 is 0. The number of aliphatic hydroxyl groups is 1. The van der Waals surface area contributed by atoms with Crippen LogP contribution >= 0.6 is 0 Å². The van der Waals surface area contributed by atoms with Gasteiger partial charge in [0.05, 0.1) is 73.0 Å². The first-order valence-corrected chi connectivity index (χ1v) is 14.3. The van der Waals surface area contributed by atoms with E-state index in [4.69, 9.17) is 9.47 Å². The maximum absolute atomic E-state index is 14.9. The van der Waals surface area contributed by atoms with Gasteiger partial charge in [-0.2, -0.15) is 0 Å². The average Bonchev–Trinajstić information content (AvgIpc) is 3.32. The summed E-state index contributed by atoms with van der Waals surface area (Å²) in [6, 6.07) is 14.2. The minimum Gasteiger partial charge on any atom is -0.497 e. The fourth-order valence-corrected chi connectivity index (χ4v) is 5.68. The first kappa shape index (κ1) is 29.3. The lowest BCUT2D eigenvalue weighted by molar-refractivity contribution is 0.0351. The summed E-state index contributed by atoms with van der Waals surface area (Å²) in [6.45, 7) is 3.62. The lowest BCUT2D eigenvalue weighted by Gasteiger charge is -2.37. The van der Waals surface area contributed by atoms with Crippen molar-refractivity contribution in [2.75, 3.05) is 37.5 Å². The van der Waals surface area contributed by atoms with E-state index < -0.39 is 17.2 Å². The molecular weight excluding hydrogens is 568 g/mol. The highest BCUT2D eigenvalue weighted by molar-refractivity contribution is 6.04. The number of piperidine rings is 1. The minimum absolute atomic E-state index is 0.0653. The smallest absolute Gasteiger partial charge is 0.258 e. The predicted octanol–water partition coefficient (Wildman–Crippen LogP) is 5.69. The third-order valence-electron chi connectivity index (χ3n) is 8.23. The molecule has 0 spiro atoms. The van der Waals surface area contributed by atoms with Crippen LogP contribution in [0.25, 0.3) is 11.3 Å². The van der Waals surface area contributed by atoms with Crippen molar-refractivity contribution in [1.82, 2.24) is 14.9 Å². The zero-order valence-electron chi connectivity index (χ0n) is 24.7. The second-order valence-electron chi connectivity index (χ2n) is 11.3. The van der Waals surface area contributed by atoms with Gasteiger partial charge >= 0.3 is 0 Å². The molecule has 1 fully saturated rings. The van der Waals surface area contributed by atoms with E-state index in [2.05, 4.69) is 20.2 Å². The molecule has 2 N–H and O–H groups in total. The number of anilines is 3. The number of nitrogens with one attached hydrogen (secondary N) is 1. The molecule has 0 bridgehead atoms. The molecule has 2 aliphatic rings. The van der Waals surface area contributed by atoms with Crippen LogP contribution in [-0.2, 0) is 13.1 Å². The molecule has 6 rings (SSSR count). The van der Waals surface area contributed by atoms with Crippen molar-refractivity contribution >= 4 is 23.1 Å². The molecule has 0 atom stereocenters. The van der Waals surface area contributed by atoms with E-state index >= 15 is 0 Å². The molecule has 0 unspecified atom stereocenters. The largest absolute Gasteiger partial charge is 0.497 e. The Labute approximate surface area is 254 Å². The topological polar surface area (TPSA) is 100 Å². The molecular formula is C33H33F2N5O4. The zero-order valence-corrected chi connectivity index (χ0v) is 24.7. The summed E-state index contributed by atoms with van der Waals surface area (Å²) in [4.78, 5) is 26.7. The summed E-state index contributed by atoms with van der Waals surface area (Å²) < 4.78 is 40.6. The van der Waals surface area contributed by atoms with E-state index in [1.54, 1.807) is 43.5 Å². The van der Waals surface area contributed by atoms with Crippen LogP contribution in [0.4, 0.5) is 26.0 Å². The Morgan fingerprint density at radius 1 is 1.00 bits per heavy atom. The highest BCUT2D eigenvalue weighted by Crippen LogP contribution is 2.37. The van der Waals surface area contributed by atoms with E-state index in [1.165, 1.54) is 24.3 Å². The molecule has 228 valence electrons. The molecule has 4 aromatic rings. The monoisotopic (exact) mass is 601 g/mol. The third-order valence-corrected chi connectivity index (χ3v) is 8.23.